The molecule has 1 aromatic heterocycles. The van der Waals surface area contributed by atoms with Crippen LogP contribution >= 0.6 is 0 Å². The van der Waals surface area contributed by atoms with Gasteiger partial charge in [0, 0.05) is 44.8 Å². The van der Waals surface area contributed by atoms with Crippen LogP contribution in [0.25, 0.3) is 0 Å². The summed E-state index contributed by atoms with van der Waals surface area (Å²) in [5.41, 5.74) is 2.60. The minimum Gasteiger partial charge on any atom is -0.375 e. The highest BCUT2D eigenvalue weighted by Gasteiger charge is 2.28. The standard InChI is InChI=1S/C25H37N5O/c1-5-25(6-2,22-10-8-7-9-11-22)19-29-24(26-4)28-17-21-12-13-23(27-16-21)30-14-15-31-20(3)18-30/h7-13,16,20H,5-6,14-15,17-19H2,1-4H3,(H2,26,28,29). The van der Waals surface area contributed by atoms with Gasteiger partial charge in [0.2, 0.25) is 0 Å². The second-order valence-electron chi connectivity index (χ2n) is 8.28. The van der Waals surface area contributed by atoms with Gasteiger partial charge in [0.15, 0.2) is 5.96 Å². The molecule has 1 aliphatic heterocycles. The third-order valence-corrected chi connectivity index (χ3v) is 6.39. The molecule has 1 aromatic carbocycles. The molecule has 0 saturated carbocycles. The zero-order valence-electron chi connectivity index (χ0n) is 19.4. The highest BCUT2D eigenvalue weighted by Crippen LogP contribution is 2.30. The van der Waals surface area contributed by atoms with E-state index in [0.717, 1.165) is 56.4 Å². The van der Waals surface area contributed by atoms with Crippen LogP contribution in [0.1, 0.15) is 44.7 Å². The second-order valence-corrected chi connectivity index (χ2v) is 8.28. The molecule has 1 unspecified atom stereocenters. The van der Waals surface area contributed by atoms with E-state index in [1.54, 1.807) is 0 Å². The summed E-state index contributed by atoms with van der Waals surface area (Å²) < 4.78 is 5.62. The van der Waals surface area contributed by atoms with E-state index in [1.165, 1.54) is 5.56 Å². The van der Waals surface area contributed by atoms with Crippen molar-refractivity contribution in [2.24, 2.45) is 4.99 Å². The second kappa shape index (κ2) is 11.1. The molecule has 6 heteroatoms. The molecule has 0 amide bonds. The lowest BCUT2D eigenvalue weighted by Gasteiger charge is -2.33. The molecule has 1 fully saturated rings. The van der Waals surface area contributed by atoms with Crippen LogP contribution in [-0.4, -0.2) is 50.3 Å². The van der Waals surface area contributed by atoms with E-state index in [0.29, 0.717) is 6.54 Å². The SMILES string of the molecule is CCC(CC)(CNC(=NC)NCc1ccc(N2CCOC(C)C2)nc1)c1ccccc1. The highest BCUT2D eigenvalue weighted by molar-refractivity contribution is 5.79. The predicted octanol–water partition coefficient (Wildman–Crippen LogP) is 3.73. The van der Waals surface area contributed by atoms with E-state index in [4.69, 9.17) is 4.74 Å². The number of benzene rings is 1. The molecule has 0 radical (unpaired) electrons. The van der Waals surface area contributed by atoms with E-state index in [-0.39, 0.29) is 11.5 Å². The summed E-state index contributed by atoms with van der Waals surface area (Å²) in [4.78, 5) is 11.4. The lowest BCUT2D eigenvalue weighted by atomic mass is 9.76. The zero-order chi connectivity index (χ0) is 22.1. The number of ether oxygens (including phenoxy) is 1. The summed E-state index contributed by atoms with van der Waals surface area (Å²) in [6, 6.07) is 15.0. The topological polar surface area (TPSA) is 61.8 Å². The van der Waals surface area contributed by atoms with Crippen LogP contribution in [-0.2, 0) is 16.7 Å². The van der Waals surface area contributed by atoms with Crippen LogP contribution in [0.4, 0.5) is 5.82 Å². The summed E-state index contributed by atoms with van der Waals surface area (Å²) in [5.74, 6) is 1.83. The predicted molar refractivity (Wildman–Crippen MR) is 129 cm³/mol. The van der Waals surface area contributed by atoms with E-state index in [9.17, 15) is 0 Å². The molecule has 0 bridgehead atoms. The van der Waals surface area contributed by atoms with Gasteiger partial charge in [0.05, 0.1) is 12.7 Å². The van der Waals surface area contributed by atoms with Gasteiger partial charge in [-0.3, -0.25) is 4.99 Å². The Morgan fingerprint density at radius 2 is 1.94 bits per heavy atom. The molecular weight excluding hydrogens is 386 g/mol. The van der Waals surface area contributed by atoms with E-state index in [1.807, 2.05) is 13.2 Å². The fraction of sp³-hybridized carbons (Fsp3) is 0.520. The van der Waals surface area contributed by atoms with Crippen LogP contribution in [0, 0.1) is 0 Å². The Bertz CT molecular complexity index is 818. The number of pyridine rings is 1. The Labute approximate surface area is 187 Å². The lowest BCUT2D eigenvalue weighted by molar-refractivity contribution is 0.0529. The molecule has 168 valence electrons. The average Bonchev–Trinajstić information content (AvgIpc) is 2.83. The van der Waals surface area contributed by atoms with E-state index < -0.39 is 0 Å². The van der Waals surface area contributed by atoms with Crippen molar-refractivity contribution < 1.29 is 4.74 Å². The zero-order valence-corrected chi connectivity index (χ0v) is 19.4. The van der Waals surface area contributed by atoms with Crippen LogP contribution in [0.5, 0.6) is 0 Å². The normalized spacial score (nSPS) is 17.5. The molecule has 1 aliphatic rings. The molecular formula is C25H37N5O. The van der Waals surface area contributed by atoms with Gasteiger partial charge in [-0.25, -0.2) is 4.98 Å². The van der Waals surface area contributed by atoms with E-state index >= 15 is 0 Å². The molecule has 0 aliphatic carbocycles. The van der Waals surface area contributed by atoms with E-state index in [2.05, 4.69) is 88.7 Å². The van der Waals surface area contributed by atoms with Gasteiger partial charge >= 0.3 is 0 Å². The maximum atomic E-state index is 5.62. The number of aliphatic imine (C=N–C) groups is 1. The van der Waals surface area contributed by atoms with Crippen LogP contribution in [0.2, 0.25) is 0 Å². The van der Waals surface area contributed by atoms with Crippen molar-refractivity contribution in [3.8, 4) is 0 Å². The van der Waals surface area contributed by atoms with Gasteiger partial charge in [-0.2, -0.15) is 0 Å². The smallest absolute Gasteiger partial charge is 0.191 e. The average molecular weight is 424 g/mol. The van der Waals surface area contributed by atoms with Gasteiger partial charge in [0.25, 0.3) is 0 Å². The maximum Gasteiger partial charge on any atom is 0.191 e. The van der Waals surface area contributed by atoms with Crippen molar-refractivity contribution in [1.29, 1.82) is 0 Å². The number of rotatable bonds is 8. The number of hydrogen-bond acceptors (Lipinski definition) is 4. The Hall–Kier alpha value is -2.60. The van der Waals surface area contributed by atoms with Crippen molar-refractivity contribution in [3.05, 3.63) is 59.8 Å². The highest BCUT2D eigenvalue weighted by atomic mass is 16.5. The van der Waals surface area contributed by atoms with Gasteiger partial charge in [0.1, 0.15) is 5.82 Å². The fourth-order valence-corrected chi connectivity index (χ4v) is 4.20. The van der Waals surface area contributed by atoms with Crippen molar-refractivity contribution in [1.82, 2.24) is 15.6 Å². The minimum atomic E-state index is 0.0946. The Morgan fingerprint density at radius 1 is 1.16 bits per heavy atom. The van der Waals surface area contributed by atoms with Crippen molar-refractivity contribution in [2.75, 3.05) is 38.2 Å². The molecule has 2 heterocycles. The Kier molecular flexibility index (Phi) is 8.29. The van der Waals surface area contributed by atoms with Gasteiger partial charge < -0.3 is 20.3 Å². The summed E-state index contributed by atoms with van der Waals surface area (Å²) in [7, 11) is 1.82. The Morgan fingerprint density at radius 3 is 2.55 bits per heavy atom. The first-order valence-electron chi connectivity index (χ1n) is 11.4. The number of anilines is 1. The number of hydrogen-bond donors (Lipinski definition) is 2. The molecule has 0 spiro atoms. The van der Waals surface area contributed by atoms with Crippen LogP contribution in [0.3, 0.4) is 0 Å². The first-order chi connectivity index (χ1) is 15.1. The Balaban J connectivity index is 1.55. The molecule has 1 saturated heterocycles. The summed E-state index contributed by atoms with van der Waals surface area (Å²) in [6.45, 7) is 10.7. The van der Waals surface area contributed by atoms with Gasteiger partial charge in [-0.15, -0.1) is 0 Å². The van der Waals surface area contributed by atoms with Crippen LogP contribution < -0.4 is 15.5 Å². The number of nitrogens with one attached hydrogen (secondary N) is 2. The molecule has 1 atom stereocenters. The quantitative estimate of drug-likeness (QED) is 0.500. The van der Waals surface area contributed by atoms with Crippen molar-refractivity contribution >= 4 is 11.8 Å². The number of nitrogens with zero attached hydrogens (tertiary/aromatic N) is 3. The van der Waals surface area contributed by atoms with Crippen molar-refractivity contribution in [2.45, 2.75) is 51.7 Å². The van der Waals surface area contributed by atoms with Crippen molar-refractivity contribution in [3.63, 3.8) is 0 Å². The minimum absolute atomic E-state index is 0.0946. The fourth-order valence-electron chi connectivity index (χ4n) is 4.20. The largest absolute Gasteiger partial charge is 0.375 e. The first-order valence-corrected chi connectivity index (χ1v) is 11.4. The lowest BCUT2D eigenvalue weighted by Crippen LogP contribution is -2.45. The molecule has 2 aromatic rings. The van der Waals surface area contributed by atoms with Gasteiger partial charge in [-0.05, 0) is 37.0 Å². The molecule has 2 N–H and O–H groups in total. The number of morpholine rings is 1. The van der Waals surface area contributed by atoms with Gasteiger partial charge in [-0.1, -0.05) is 50.2 Å². The number of aromatic nitrogens is 1. The third kappa shape index (κ3) is 5.97. The monoisotopic (exact) mass is 423 g/mol. The number of guanidine groups is 1. The van der Waals surface area contributed by atoms with Crippen LogP contribution in [0.15, 0.2) is 53.7 Å². The molecule has 3 rings (SSSR count). The summed E-state index contributed by atoms with van der Waals surface area (Å²) >= 11 is 0. The first kappa shape index (κ1) is 23.1. The third-order valence-electron chi connectivity index (χ3n) is 6.39. The maximum absolute atomic E-state index is 5.62. The summed E-state index contributed by atoms with van der Waals surface area (Å²) in [5, 5.41) is 6.97. The summed E-state index contributed by atoms with van der Waals surface area (Å²) in [6.07, 6.45) is 4.34. The molecule has 6 nitrogen and oxygen atoms in total. The molecule has 31 heavy (non-hydrogen) atoms.